The Morgan fingerprint density at radius 1 is 1.24 bits per heavy atom. The molecule has 0 aliphatic heterocycles. The van der Waals surface area contributed by atoms with Crippen molar-refractivity contribution in [1.29, 1.82) is 0 Å². The minimum atomic E-state index is -3.69. The number of amides is 1. The molecule has 0 aromatic carbocycles. The maximum Gasteiger partial charge on any atom is 0.269 e. The molecule has 0 aromatic heterocycles. The number of rotatable bonds is 9. The SMILES string of the molecule is COC(C)C(CC(=O)NC(C)(C)CS(=O)(=O)OC)C(C)=O. The Kier molecular flexibility index (Phi) is 7.49. The van der Waals surface area contributed by atoms with Crippen molar-refractivity contribution in [2.24, 2.45) is 5.92 Å². The first-order valence-corrected chi connectivity index (χ1v) is 8.14. The van der Waals surface area contributed by atoms with E-state index in [1.807, 2.05) is 0 Å². The Morgan fingerprint density at radius 2 is 1.76 bits per heavy atom. The Hall–Kier alpha value is -0.990. The summed E-state index contributed by atoms with van der Waals surface area (Å²) in [5, 5.41) is 2.61. The molecule has 0 spiro atoms. The number of ether oxygens (including phenoxy) is 1. The van der Waals surface area contributed by atoms with Crippen LogP contribution in [-0.4, -0.2) is 51.7 Å². The Bertz CT molecular complexity index is 471. The lowest BCUT2D eigenvalue weighted by atomic mass is 9.94. The van der Waals surface area contributed by atoms with E-state index < -0.39 is 27.5 Å². The molecule has 7 nitrogen and oxygen atoms in total. The van der Waals surface area contributed by atoms with Crippen LogP contribution in [0.15, 0.2) is 0 Å². The number of ketones is 1. The van der Waals surface area contributed by atoms with Crippen LogP contribution in [-0.2, 0) is 28.6 Å². The molecule has 2 unspecified atom stereocenters. The van der Waals surface area contributed by atoms with Crippen LogP contribution >= 0.6 is 0 Å². The summed E-state index contributed by atoms with van der Waals surface area (Å²) in [5.74, 6) is -1.48. The van der Waals surface area contributed by atoms with E-state index in [1.54, 1.807) is 20.8 Å². The number of carbonyl (C=O) groups excluding carboxylic acids is 2. The smallest absolute Gasteiger partial charge is 0.269 e. The molecule has 21 heavy (non-hydrogen) atoms. The summed E-state index contributed by atoms with van der Waals surface area (Å²) in [6, 6.07) is 0. The third-order valence-electron chi connectivity index (χ3n) is 3.14. The molecule has 8 heteroatoms. The molecule has 0 heterocycles. The summed E-state index contributed by atoms with van der Waals surface area (Å²) in [7, 11) is -1.16. The third-order valence-corrected chi connectivity index (χ3v) is 4.72. The number of nitrogens with one attached hydrogen (secondary N) is 1. The van der Waals surface area contributed by atoms with Crippen molar-refractivity contribution in [3.8, 4) is 0 Å². The van der Waals surface area contributed by atoms with Crippen molar-refractivity contribution in [2.45, 2.75) is 45.8 Å². The number of Topliss-reactive ketones (excluding diaryl/α,β-unsaturated/α-hetero) is 1. The van der Waals surface area contributed by atoms with Gasteiger partial charge in [0, 0.05) is 13.5 Å². The molecule has 1 N–H and O–H groups in total. The lowest BCUT2D eigenvalue weighted by Gasteiger charge is -2.27. The number of hydrogen-bond donors (Lipinski definition) is 1. The lowest BCUT2D eigenvalue weighted by Crippen LogP contribution is -2.49. The van der Waals surface area contributed by atoms with Crippen LogP contribution in [0.2, 0.25) is 0 Å². The van der Waals surface area contributed by atoms with Gasteiger partial charge in [0.2, 0.25) is 5.91 Å². The van der Waals surface area contributed by atoms with Crippen molar-refractivity contribution >= 4 is 21.8 Å². The van der Waals surface area contributed by atoms with Crippen molar-refractivity contribution in [1.82, 2.24) is 5.32 Å². The second-order valence-electron chi connectivity index (χ2n) is 5.66. The van der Waals surface area contributed by atoms with Gasteiger partial charge in [-0.3, -0.25) is 13.8 Å². The van der Waals surface area contributed by atoms with E-state index in [0.29, 0.717) is 0 Å². The fourth-order valence-electron chi connectivity index (χ4n) is 1.97. The van der Waals surface area contributed by atoms with E-state index in [0.717, 1.165) is 7.11 Å². The van der Waals surface area contributed by atoms with Crippen LogP contribution in [0.25, 0.3) is 0 Å². The molecule has 0 fully saturated rings. The predicted molar refractivity (Wildman–Crippen MR) is 78.3 cm³/mol. The normalized spacial score (nSPS) is 15.3. The first-order valence-electron chi connectivity index (χ1n) is 6.56. The maximum atomic E-state index is 12.0. The first-order chi connectivity index (χ1) is 9.44. The zero-order valence-electron chi connectivity index (χ0n) is 13.4. The molecule has 1 amide bonds. The first kappa shape index (κ1) is 20.0. The highest BCUT2D eigenvalue weighted by atomic mass is 32.2. The van der Waals surface area contributed by atoms with Gasteiger partial charge in [0.1, 0.15) is 5.78 Å². The van der Waals surface area contributed by atoms with Crippen LogP contribution in [0.1, 0.15) is 34.1 Å². The van der Waals surface area contributed by atoms with Gasteiger partial charge >= 0.3 is 0 Å². The molecule has 0 saturated heterocycles. The van der Waals surface area contributed by atoms with Crippen LogP contribution < -0.4 is 5.32 Å². The molecule has 0 bridgehead atoms. The van der Waals surface area contributed by atoms with Crippen LogP contribution in [0.5, 0.6) is 0 Å². The predicted octanol–water partition coefficient (Wildman–Crippen LogP) is 0.488. The van der Waals surface area contributed by atoms with Gasteiger partial charge in [0.05, 0.1) is 30.4 Å². The minimum absolute atomic E-state index is 0.0548. The van der Waals surface area contributed by atoms with E-state index in [4.69, 9.17) is 4.74 Å². The van der Waals surface area contributed by atoms with E-state index in [2.05, 4.69) is 9.50 Å². The lowest BCUT2D eigenvalue weighted by molar-refractivity contribution is -0.132. The Morgan fingerprint density at radius 3 is 2.14 bits per heavy atom. The zero-order valence-corrected chi connectivity index (χ0v) is 14.2. The monoisotopic (exact) mass is 323 g/mol. The van der Waals surface area contributed by atoms with Gasteiger partial charge in [-0.1, -0.05) is 0 Å². The summed E-state index contributed by atoms with van der Waals surface area (Å²) >= 11 is 0. The molecule has 0 radical (unpaired) electrons. The van der Waals surface area contributed by atoms with E-state index in [-0.39, 0.29) is 24.1 Å². The highest BCUT2D eigenvalue weighted by Gasteiger charge is 2.31. The molecule has 0 aliphatic carbocycles. The second kappa shape index (κ2) is 7.86. The van der Waals surface area contributed by atoms with E-state index >= 15 is 0 Å². The highest BCUT2D eigenvalue weighted by Crippen LogP contribution is 2.15. The molecule has 0 aliphatic rings. The fraction of sp³-hybridized carbons (Fsp3) is 0.846. The van der Waals surface area contributed by atoms with Crippen LogP contribution in [0.4, 0.5) is 0 Å². The number of hydrogen-bond acceptors (Lipinski definition) is 6. The zero-order chi connectivity index (χ0) is 16.8. The quantitative estimate of drug-likeness (QED) is 0.620. The van der Waals surface area contributed by atoms with Crippen molar-refractivity contribution in [2.75, 3.05) is 20.0 Å². The fourth-order valence-corrected chi connectivity index (χ4v) is 3.04. The van der Waals surface area contributed by atoms with Crippen molar-refractivity contribution < 1.29 is 26.9 Å². The molecule has 0 aromatic rings. The average molecular weight is 323 g/mol. The highest BCUT2D eigenvalue weighted by molar-refractivity contribution is 7.86. The van der Waals surface area contributed by atoms with Gasteiger partial charge in [-0.05, 0) is 27.7 Å². The average Bonchev–Trinajstić information content (AvgIpc) is 2.32. The standard InChI is InChI=1S/C13H25NO6S/c1-9(15)11(10(2)19-5)7-12(16)14-13(3,4)8-21(17,18)20-6/h10-11H,7-8H2,1-6H3,(H,14,16). The van der Waals surface area contributed by atoms with Gasteiger partial charge in [-0.25, -0.2) is 0 Å². The van der Waals surface area contributed by atoms with E-state index in [9.17, 15) is 18.0 Å². The molecular formula is C13H25NO6S. The Labute approximate surface area is 126 Å². The number of methoxy groups -OCH3 is 1. The molecule has 124 valence electrons. The second-order valence-corrected chi connectivity index (χ2v) is 7.40. The molecular weight excluding hydrogens is 298 g/mol. The van der Waals surface area contributed by atoms with Gasteiger partial charge in [-0.2, -0.15) is 8.42 Å². The molecule has 0 rings (SSSR count). The maximum absolute atomic E-state index is 12.0. The topological polar surface area (TPSA) is 98.8 Å². The van der Waals surface area contributed by atoms with Crippen molar-refractivity contribution in [3.05, 3.63) is 0 Å². The summed E-state index contributed by atoms with van der Waals surface area (Å²) < 4.78 is 32.3. The summed E-state index contributed by atoms with van der Waals surface area (Å²) in [5.41, 5.74) is -0.996. The minimum Gasteiger partial charge on any atom is -0.381 e. The van der Waals surface area contributed by atoms with E-state index in [1.165, 1.54) is 14.0 Å². The van der Waals surface area contributed by atoms with Gasteiger partial charge in [0.15, 0.2) is 0 Å². The van der Waals surface area contributed by atoms with Gasteiger partial charge < -0.3 is 10.1 Å². The Balaban J connectivity index is 4.77. The largest absolute Gasteiger partial charge is 0.381 e. The summed E-state index contributed by atoms with van der Waals surface area (Å²) in [4.78, 5) is 23.6. The molecule has 2 atom stereocenters. The third kappa shape index (κ3) is 7.54. The molecule has 0 saturated carbocycles. The van der Waals surface area contributed by atoms with Gasteiger partial charge in [-0.15, -0.1) is 0 Å². The van der Waals surface area contributed by atoms with Gasteiger partial charge in [0.25, 0.3) is 10.1 Å². The van der Waals surface area contributed by atoms with Crippen LogP contribution in [0.3, 0.4) is 0 Å². The summed E-state index contributed by atoms with van der Waals surface area (Å²) in [6.45, 7) is 6.25. The van der Waals surface area contributed by atoms with Crippen molar-refractivity contribution in [3.63, 3.8) is 0 Å². The number of carbonyl (C=O) groups is 2. The van der Waals surface area contributed by atoms with Crippen LogP contribution in [0, 0.1) is 5.92 Å². The summed E-state index contributed by atoms with van der Waals surface area (Å²) in [6.07, 6.45) is -0.445.